The number of hydrogen-bond acceptors (Lipinski definition) is 6. The van der Waals surface area contributed by atoms with Gasteiger partial charge in [0, 0.05) is 17.0 Å². The van der Waals surface area contributed by atoms with Crippen LogP contribution in [0.4, 0.5) is 0 Å². The van der Waals surface area contributed by atoms with E-state index in [1.807, 2.05) is 36.6 Å². The number of furan rings is 1. The van der Waals surface area contributed by atoms with Gasteiger partial charge < -0.3 is 18.6 Å². The van der Waals surface area contributed by atoms with Crippen LogP contribution < -0.4 is 9.47 Å². The van der Waals surface area contributed by atoms with E-state index in [4.69, 9.17) is 18.6 Å². The number of methoxy groups -OCH3 is 1. The lowest BCUT2D eigenvalue weighted by atomic mass is 10.1. The highest BCUT2D eigenvalue weighted by Gasteiger charge is 2.25. The molecule has 1 atom stereocenters. The van der Waals surface area contributed by atoms with Crippen molar-refractivity contribution in [2.45, 2.75) is 18.8 Å². The molecular weight excluding hydrogens is 444 g/mol. The van der Waals surface area contributed by atoms with Crippen LogP contribution in [0.25, 0.3) is 11.0 Å². The number of hydrogen-bond donors (Lipinski definition) is 0. The molecule has 0 aliphatic heterocycles. The number of thioether (sulfide) groups is 1. The smallest absolute Gasteiger partial charge is 0.323 e. The minimum Gasteiger partial charge on any atom is -0.497 e. The van der Waals surface area contributed by atoms with Crippen molar-refractivity contribution in [1.29, 1.82) is 0 Å². The first-order chi connectivity index (χ1) is 13.6. The number of esters is 1. The second-order valence-corrected chi connectivity index (χ2v) is 7.77. The molecule has 0 N–H and O–H groups in total. The van der Waals surface area contributed by atoms with Gasteiger partial charge >= 0.3 is 5.97 Å². The highest BCUT2D eigenvalue weighted by molar-refractivity contribution is 9.10. The summed E-state index contributed by atoms with van der Waals surface area (Å²) in [6.45, 7) is 2.47. The molecule has 2 aromatic carbocycles. The minimum atomic E-state index is -0.469. The third kappa shape index (κ3) is 4.47. The lowest BCUT2D eigenvalue weighted by Gasteiger charge is -2.19. The van der Waals surface area contributed by atoms with Crippen LogP contribution in [0.3, 0.4) is 0 Å². The van der Waals surface area contributed by atoms with Gasteiger partial charge in [-0.05, 0) is 65.0 Å². The monoisotopic (exact) mass is 464 g/mol. The molecule has 148 valence electrons. The van der Waals surface area contributed by atoms with Crippen LogP contribution in [0.2, 0.25) is 0 Å². The summed E-state index contributed by atoms with van der Waals surface area (Å²) >= 11 is 4.94. The molecule has 1 heterocycles. The largest absolute Gasteiger partial charge is 0.497 e. The molecule has 3 rings (SSSR count). The normalized spacial score (nSPS) is 12.0. The number of fused-ring (bicyclic) bond motifs is 1. The van der Waals surface area contributed by atoms with Crippen molar-refractivity contribution < 1.29 is 23.4 Å². The van der Waals surface area contributed by atoms with Gasteiger partial charge in [0.1, 0.15) is 28.9 Å². The van der Waals surface area contributed by atoms with E-state index in [0.717, 1.165) is 26.6 Å². The summed E-state index contributed by atoms with van der Waals surface area (Å²) in [5, 5.41) is 0.524. The Morgan fingerprint density at radius 1 is 1.25 bits per heavy atom. The van der Waals surface area contributed by atoms with Gasteiger partial charge in [0.05, 0.1) is 24.5 Å². The van der Waals surface area contributed by atoms with E-state index in [1.54, 1.807) is 26.4 Å². The number of carbonyl (C=O) groups is 1. The summed E-state index contributed by atoms with van der Waals surface area (Å²) in [4.78, 5) is 12.4. The van der Waals surface area contributed by atoms with Crippen LogP contribution >= 0.6 is 27.7 Å². The quantitative estimate of drug-likeness (QED) is 0.395. The molecule has 1 aromatic heterocycles. The summed E-state index contributed by atoms with van der Waals surface area (Å²) in [7, 11) is 1.60. The number of rotatable bonds is 8. The molecule has 0 bridgehead atoms. The molecule has 0 radical (unpaired) electrons. The predicted octanol–water partition coefficient (Wildman–Crippen LogP) is 5.75. The number of halogens is 1. The van der Waals surface area contributed by atoms with E-state index in [2.05, 4.69) is 15.9 Å². The van der Waals surface area contributed by atoms with E-state index in [9.17, 15) is 4.79 Å². The fourth-order valence-corrected chi connectivity index (χ4v) is 4.22. The molecule has 3 aromatic rings. The second-order valence-electron chi connectivity index (χ2n) is 5.98. The van der Waals surface area contributed by atoms with Gasteiger partial charge in [-0.25, -0.2) is 0 Å². The highest BCUT2D eigenvalue weighted by atomic mass is 79.9. The van der Waals surface area contributed by atoms with Crippen LogP contribution in [0.5, 0.6) is 11.5 Å². The summed E-state index contributed by atoms with van der Waals surface area (Å²) in [5.74, 6) is 0.969. The first kappa shape index (κ1) is 20.6. The maximum Gasteiger partial charge on any atom is 0.323 e. The topological polar surface area (TPSA) is 57.9 Å². The Morgan fingerprint density at radius 3 is 2.79 bits per heavy atom. The van der Waals surface area contributed by atoms with E-state index < -0.39 is 5.25 Å². The first-order valence-corrected chi connectivity index (χ1v) is 10.8. The third-order valence-corrected chi connectivity index (χ3v) is 5.71. The van der Waals surface area contributed by atoms with Crippen molar-refractivity contribution in [2.24, 2.45) is 0 Å². The van der Waals surface area contributed by atoms with Crippen molar-refractivity contribution in [3.05, 3.63) is 58.3 Å². The average Bonchev–Trinajstić information content (AvgIpc) is 3.17. The predicted molar refractivity (Wildman–Crippen MR) is 114 cm³/mol. The van der Waals surface area contributed by atoms with Gasteiger partial charge in [0.2, 0.25) is 0 Å². The molecule has 0 saturated heterocycles. The summed E-state index contributed by atoms with van der Waals surface area (Å²) < 4.78 is 23.0. The Kier molecular flexibility index (Phi) is 6.91. The Labute approximate surface area is 176 Å². The zero-order valence-electron chi connectivity index (χ0n) is 15.9. The zero-order valence-corrected chi connectivity index (χ0v) is 18.3. The van der Waals surface area contributed by atoms with Crippen molar-refractivity contribution in [3.8, 4) is 11.5 Å². The molecule has 1 unspecified atom stereocenters. The number of carbonyl (C=O) groups excluding carboxylic acids is 1. The molecule has 28 heavy (non-hydrogen) atoms. The summed E-state index contributed by atoms with van der Waals surface area (Å²) in [6, 6.07) is 11.3. The lowest BCUT2D eigenvalue weighted by Crippen LogP contribution is -2.14. The van der Waals surface area contributed by atoms with Gasteiger partial charge in [0.25, 0.3) is 0 Å². The SMILES string of the molecule is CCOC(=O)C(SC)c1ccc(OC)cc1OCc1cc(Br)c2occc2c1. The highest BCUT2D eigenvalue weighted by Crippen LogP contribution is 2.37. The minimum absolute atomic E-state index is 0.285. The maximum atomic E-state index is 12.4. The fraction of sp³-hybridized carbons (Fsp3) is 0.286. The maximum absolute atomic E-state index is 12.4. The molecule has 5 nitrogen and oxygen atoms in total. The van der Waals surface area contributed by atoms with Crippen LogP contribution in [-0.2, 0) is 16.1 Å². The molecule has 7 heteroatoms. The fourth-order valence-electron chi connectivity index (χ4n) is 2.89. The Hall–Kier alpha value is -2.12. The van der Waals surface area contributed by atoms with Crippen LogP contribution in [0.15, 0.2) is 51.6 Å². The van der Waals surface area contributed by atoms with E-state index in [-0.39, 0.29) is 5.97 Å². The van der Waals surface area contributed by atoms with Crippen molar-refractivity contribution in [2.75, 3.05) is 20.0 Å². The van der Waals surface area contributed by atoms with Crippen LogP contribution in [-0.4, -0.2) is 25.9 Å². The standard InChI is InChI=1S/C21H21BrO5S/c1-4-25-21(23)20(28-3)16-6-5-15(24-2)11-18(16)27-12-13-9-14-7-8-26-19(14)17(22)10-13/h5-11,20H,4,12H2,1-3H3. The van der Waals surface area contributed by atoms with E-state index in [0.29, 0.717) is 24.7 Å². The third-order valence-electron chi connectivity index (χ3n) is 4.20. The molecule has 0 aliphatic carbocycles. The van der Waals surface area contributed by atoms with Crippen molar-refractivity contribution in [1.82, 2.24) is 0 Å². The van der Waals surface area contributed by atoms with E-state index in [1.165, 1.54) is 11.8 Å². The van der Waals surface area contributed by atoms with Gasteiger partial charge in [-0.15, -0.1) is 11.8 Å². The van der Waals surface area contributed by atoms with Crippen molar-refractivity contribution in [3.63, 3.8) is 0 Å². The number of ether oxygens (including phenoxy) is 3. The number of benzene rings is 2. The summed E-state index contributed by atoms with van der Waals surface area (Å²) in [6.07, 6.45) is 3.53. The van der Waals surface area contributed by atoms with Gasteiger partial charge in [0.15, 0.2) is 0 Å². The molecule has 0 aliphatic rings. The molecule has 0 saturated carbocycles. The lowest BCUT2D eigenvalue weighted by molar-refractivity contribution is -0.142. The molecule has 0 amide bonds. The Bertz CT molecular complexity index is 969. The Balaban J connectivity index is 1.89. The van der Waals surface area contributed by atoms with Gasteiger partial charge in [-0.2, -0.15) is 0 Å². The first-order valence-electron chi connectivity index (χ1n) is 8.73. The van der Waals surface area contributed by atoms with Crippen molar-refractivity contribution >= 4 is 44.6 Å². The van der Waals surface area contributed by atoms with Gasteiger partial charge in [-0.3, -0.25) is 4.79 Å². The average molecular weight is 465 g/mol. The van der Waals surface area contributed by atoms with Gasteiger partial charge in [-0.1, -0.05) is 0 Å². The molecule has 0 fully saturated rings. The van der Waals surface area contributed by atoms with Crippen LogP contribution in [0.1, 0.15) is 23.3 Å². The second kappa shape index (κ2) is 9.39. The van der Waals surface area contributed by atoms with Crippen LogP contribution in [0, 0.1) is 0 Å². The molecular formula is C21H21BrO5S. The summed E-state index contributed by atoms with van der Waals surface area (Å²) in [5.41, 5.74) is 2.54. The molecule has 0 spiro atoms. The Morgan fingerprint density at radius 2 is 2.07 bits per heavy atom. The zero-order chi connectivity index (χ0) is 20.1. The van der Waals surface area contributed by atoms with E-state index >= 15 is 0 Å².